The van der Waals surface area contributed by atoms with Crippen LogP contribution in [0.25, 0.3) is 0 Å². The second kappa shape index (κ2) is 5.46. The summed E-state index contributed by atoms with van der Waals surface area (Å²) in [5.41, 5.74) is -0.821. The van der Waals surface area contributed by atoms with Crippen molar-refractivity contribution in [2.24, 2.45) is 0 Å². The van der Waals surface area contributed by atoms with Gasteiger partial charge in [0.25, 0.3) is 0 Å². The molecule has 0 unspecified atom stereocenters. The molecule has 1 fully saturated rings. The first-order chi connectivity index (χ1) is 8.91. The van der Waals surface area contributed by atoms with Crippen LogP contribution in [0.5, 0.6) is 0 Å². The molecule has 2 rings (SSSR count). The molecule has 0 amide bonds. The van der Waals surface area contributed by atoms with E-state index in [2.05, 4.69) is 0 Å². The number of halogens is 4. The lowest BCUT2D eigenvalue weighted by atomic mass is 10.1. The van der Waals surface area contributed by atoms with Crippen LogP contribution in [0.15, 0.2) is 18.2 Å². The standard InChI is InChI=1S/C13H15F4NO/c14-12-4-1-10(13(15,16)17)7-9(12)8-18(5-6-19)11-2-3-11/h1,4,7,11,19H,2-3,5-6,8H2. The van der Waals surface area contributed by atoms with Crippen LogP contribution in [-0.2, 0) is 12.7 Å². The average molecular weight is 277 g/mol. The molecule has 0 aromatic heterocycles. The minimum Gasteiger partial charge on any atom is -0.395 e. The Kier molecular flexibility index (Phi) is 4.10. The van der Waals surface area contributed by atoms with Crippen LogP contribution in [0.2, 0.25) is 0 Å². The lowest BCUT2D eigenvalue weighted by Gasteiger charge is -2.21. The van der Waals surface area contributed by atoms with Crippen molar-refractivity contribution in [1.29, 1.82) is 0 Å². The fourth-order valence-electron chi connectivity index (χ4n) is 2.05. The van der Waals surface area contributed by atoms with Crippen molar-refractivity contribution in [2.45, 2.75) is 31.6 Å². The predicted molar refractivity (Wildman–Crippen MR) is 61.9 cm³/mol. The molecule has 1 N–H and O–H groups in total. The van der Waals surface area contributed by atoms with E-state index in [0.29, 0.717) is 6.54 Å². The number of hydrogen-bond acceptors (Lipinski definition) is 2. The van der Waals surface area contributed by atoms with Crippen LogP contribution in [0.4, 0.5) is 17.6 Å². The Labute approximate surface area is 108 Å². The van der Waals surface area contributed by atoms with Gasteiger partial charge >= 0.3 is 6.18 Å². The number of aliphatic hydroxyl groups is 1. The highest BCUT2D eigenvalue weighted by Crippen LogP contribution is 2.32. The van der Waals surface area contributed by atoms with E-state index >= 15 is 0 Å². The zero-order valence-corrected chi connectivity index (χ0v) is 10.3. The Bertz CT molecular complexity index is 443. The maximum absolute atomic E-state index is 13.6. The first-order valence-corrected chi connectivity index (χ1v) is 6.12. The summed E-state index contributed by atoms with van der Waals surface area (Å²) in [7, 11) is 0. The number of hydrogen-bond donors (Lipinski definition) is 1. The Morgan fingerprint density at radius 1 is 1.26 bits per heavy atom. The molecule has 0 saturated heterocycles. The highest BCUT2D eigenvalue weighted by atomic mass is 19.4. The molecule has 0 radical (unpaired) electrons. The first-order valence-electron chi connectivity index (χ1n) is 6.12. The van der Waals surface area contributed by atoms with Gasteiger partial charge in [0.1, 0.15) is 5.82 Å². The Hall–Kier alpha value is -1.14. The van der Waals surface area contributed by atoms with Crippen LogP contribution < -0.4 is 0 Å². The lowest BCUT2D eigenvalue weighted by molar-refractivity contribution is -0.137. The lowest BCUT2D eigenvalue weighted by Crippen LogP contribution is -2.29. The third-order valence-corrected chi connectivity index (χ3v) is 3.20. The second-order valence-corrected chi connectivity index (χ2v) is 4.73. The van der Waals surface area contributed by atoms with Gasteiger partial charge in [-0.2, -0.15) is 13.2 Å². The number of benzene rings is 1. The van der Waals surface area contributed by atoms with Gasteiger partial charge in [0.15, 0.2) is 0 Å². The van der Waals surface area contributed by atoms with Crippen molar-refractivity contribution in [3.63, 3.8) is 0 Å². The summed E-state index contributed by atoms with van der Waals surface area (Å²) in [4.78, 5) is 1.82. The molecule has 1 aromatic carbocycles. The van der Waals surface area contributed by atoms with Crippen molar-refractivity contribution in [2.75, 3.05) is 13.2 Å². The van der Waals surface area contributed by atoms with Gasteiger partial charge in [0, 0.05) is 24.7 Å². The minimum absolute atomic E-state index is 0.0233. The maximum Gasteiger partial charge on any atom is 0.416 e. The van der Waals surface area contributed by atoms with Crippen LogP contribution >= 0.6 is 0 Å². The second-order valence-electron chi connectivity index (χ2n) is 4.73. The fraction of sp³-hybridized carbons (Fsp3) is 0.538. The molecule has 6 heteroatoms. The fourth-order valence-corrected chi connectivity index (χ4v) is 2.05. The summed E-state index contributed by atoms with van der Waals surface area (Å²) < 4.78 is 51.3. The van der Waals surface area contributed by atoms with Crippen LogP contribution in [-0.4, -0.2) is 29.2 Å². The molecule has 1 aromatic rings. The SMILES string of the molecule is OCCN(Cc1cc(C(F)(F)F)ccc1F)C1CC1. The molecule has 106 valence electrons. The molecule has 1 aliphatic carbocycles. The van der Waals surface area contributed by atoms with Gasteiger partial charge in [-0.15, -0.1) is 0 Å². The summed E-state index contributed by atoms with van der Waals surface area (Å²) in [6, 6.07) is 2.69. The zero-order valence-electron chi connectivity index (χ0n) is 10.3. The van der Waals surface area contributed by atoms with E-state index in [0.717, 1.165) is 31.0 Å². The van der Waals surface area contributed by atoms with Crippen molar-refractivity contribution in [1.82, 2.24) is 4.90 Å². The number of rotatable bonds is 5. The van der Waals surface area contributed by atoms with Crippen molar-refractivity contribution in [3.8, 4) is 0 Å². The topological polar surface area (TPSA) is 23.5 Å². The normalized spacial score (nSPS) is 16.1. The summed E-state index contributed by atoms with van der Waals surface area (Å²) in [5, 5.41) is 8.93. The molecule has 0 spiro atoms. The summed E-state index contributed by atoms with van der Waals surface area (Å²) in [6.07, 6.45) is -2.58. The summed E-state index contributed by atoms with van der Waals surface area (Å²) in [5.74, 6) is -0.642. The van der Waals surface area contributed by atoms with Gasteiger partial charge in [-0.05, 0) is 31.0 Å². The van der Waals surface area contributed by atoms with E-state index < -0.39 is 17.6 Å². The van der Waals surface area contributed by atoms with Gasteiger partial charge in [0.2, 0.25) is 0 Å². The smallest absolute Gasteiger partial charge is 0.395 e. The Morgan fingerprint density at radius 3 is 2.47 bits per heavy atom. The predicted octanol–water partition coefficient (Wildman–Crippen LogP) is 2.80. The van der Waals surface area contributed by atoms with E-state index in [1.54, 1.807) is 0 Å². The van der Waals surface area contributed by atoms with Gasteiger partial charge < -0.3 is 5.11 Å². The number of nitrogens with zero attached hydrogens (tertiary/aromatic N) is 1. The van der Waals surface area contributed by atoms with E-state index in [4.69, 9.17) is 5.11 Å². The number of alkyl halides is 3. The first kappa shape index (κ1) is 14.3. The molecule has 0 atom stereocenters. The quantitative estimate of drug-likeness (QED) is 0.837. The van der Waals surface area contributed by atoms with Crippen LogP contribution in [0, 0.1) is 5.82 Å². The van der Waals surface area contributed by atoms with Gasteiger partial charge in [-0.25, -0.2) is 4.39 Å². The zero-order chi connectivity index (χ0) is 14.0. The maximum atomic E-state index is 13.6. The molecule has 0 heterocycles. The third kappa shape index (κ3) is 3.67. The highest BCUT2D eigenvalue weighted by molar-refractivity contribution is 5.27. The van der Waals surface area contributed by atoms with Crippen molar-refractivity contribution < 1.29 is 22.7 Å². The molecule has 0 aliphatic heterocycles. The van der Waals surface area contributed by atoms with E-state index in [1.165, 1.54) is 0 Å². The molecular weight excluding hydrogens is 262 g/mol. The van der Waals surface area contributed by atoms with Crippen LogP contribution in [0.1, 0.15) is 24.0 Å². The summed E-state index contributed by atoms with van der Waals surface area (Å²) >= 11 is 0. The molecule has 19 heavy (non-hydrogen) atoms. The van der Waals surface area contributed by atoms with E-state index in [1.807, 2.05) is 4.90 Å². The monoisotopic (exact) mass is 277 g/mol. The summed E-state index contributed by atoms with van der Waals surface area (Å²) in [6.45, 7) is 0.360. The molecule has 0 bridgehead atoms. The van der Waals surface area contributed by atoms with Crippen LogP contribution in [0.3, 0.4) is 0 Å². The average Bonchev–Trinajstić information content (AvgIpc) is 3.13. The van der Waals surface area contributed by atoms with Gasteiger partial charge in [0.05, 0.1) is 12.2 Å². The van der Waals surface area contributed by atoms with E-state index in [9.17, 15) is 17.6 Å². The third-order valence-electron chi connectivity index (χ3n) is 3.20. The number of aliphatic hydroxyl groups excluding tert-OH is 1. The van der Waals surface area contributed by atoms with Gasteiger partial charge in [-0.1, -0.05) is 0 Å². The van der Waals surface area contributed by atoms with Crippen molar-refractivity contribution in [3.05, 3.63) is 35.1 Å². The molecule has 1 aliphatic rings. The van der Waals surface area contributed by atoms with Gasteiger partial charge in [-0.3, -0.25) is 4.90 Å². The van der Waals surface area contributed by atoms with E-state index in [-0.39, 0.29) is 24.8 Å². The Morgan fingerprint density at radius 2 is 1.95 bits per heavy atom. The molecule has 1 saturated carbocycles. The minimum atomic E-state index is -4.47. The molecular formula is C13H15F4NO. The largest absolute Gasteiger partial charge is 0.416 e. The molecule has 2 nitrogen and oxygen atoms in total. The van der Waals surface area contributed by atoms with Crippen molar-refractivity contribution >= 4 is 0 Å². The Balaban J connectivity index is 2.18. The highest BCUT2D eigenvalue weighted by Gasteiger charge is 2.32.